The first kappa shape index (κ1) is 17.0. The number of carbonyl (C=O) groups is 2. The highest BCUT2D eigenvalue weighted by molar-refractivity contribution is 5.79. The third-order valence-corrected chi connectivity index (χ3v) is 5.57. The Morgan fingerprint density at radius 1 is 1.17 bits per heavy atom. The zero-order chi connectivity index (χ0) is 16.9. The number of likely N-dealkylation sites (tertiary alicyclic amines) is 1. The topological polar surface area (TPSA) is 49.4 Å². The van der Waals surface area contributed by atoms with Gasteiger partial charge in [0, 0.05) is 38.4 Å². The number of carbonyl (C=O) groups excluding carboxylic acids is 2. The Bertz CT molecular complexity index is 599. The maximum Gasteiger partial charge on any atom is 0.222 e. The van der Waals surface area contributed by atoms with Crippen LogP contribution in [0.1, 0.15) is 62.0 Å². The highest BCUT2D eigenvalue weighted by Gasteiger charge is 2.36. The van der Waals surface area contributed by atoms with Crippen molar-refractivity contribution < 1.29 is 9.59 Å². The van der Waals surface area contributed by atoms with Crippen LogP contribution in [0.5, 0.6) is 0 Å². The fraction of sp³-hybridized carbons (Fsp3) is 0.600. The lowest BCUT2D eigenvalue weighted by molar-refractivity contribution is -0.132. The zero-order valence-corrected chi connectivity index (χ0v) is 14.6. The molecule has 0 aromatic heterocycles. The molecular weight excluding hydrogens is 300 g/mol. The van der Waals surface area contributed by atoms with Crippen molar-refractivity contribution in [1.29, 1.82) is 0 Å². The second kappa shape index (κ2) is 7.82. The highest BCUT2D eigenvalue weighted by atomic mass is 16.2. The van der Waals surface area contributed by atoms with Gasteiger partial charge in [-0.05, 0) is 49.7 Å². The van der Waals surface area contributed by atoms with Gasteiger partial charge in [-0.15, -0.1) is 0 Å². The average Bonchev–Trinajstić information content (AvgIpc) is 3.10. The van der Waals surface area contributed by atoms with Gasteiger partial charge in [0.05, 0.1) is 0 Å². The number of hydrogen-bond acceptors (Lipinski definition) is 2. The molecule has 1 aromatic rings. The van der Waals surface area contributed by atoms with E-state index in [2.05, 4.69) is 34.5 Å². The number of aryl methyl sites for hydroxylation is 1. The van der Waals surface area contributed by atoms with Crippen molar-refractivity contribution in [3.63, 3.8) is 0 Å². The van der Waals surface area contributed by atoms with Gasteiger partial charge < -0.3 is 10.2 Å². The van der Waals surface area contributed by atoms with Crippen molar-refractivity contribution in [3.8, 4) is 0 Å². The van der Waals surface area contributed by atoms with Crippen LogP contribution in [0.2, 0.25) is 0 Å². The highest BCUT2D eigenvalue weighted by Crippen LogP contribution is 2.39. The summed E-state index contributed by atoms with van der Waals surface area (Å²) in [6.45, 7) is 0.877. The normalized spacial score (nSPS) is 23.0. The standard InChI is InChI=1S/C20H28N2O2/c1-21-19(23)12-5-13-20(24)22-14-6-11-18(22)17-10-4-8-15-7-2-3-9-16(15)17/h2-3,7,9,17-18H,4-6,8,10-14H2,1H3,(H,21,23)/t17-,18+/m1/s1. The third-order valence-electron chi connectivity index (χ3n) is 5.57. The summed E-state index contributed by atoms with van der Waals surface area (Å²) in [6, 6.07) is 9.09. The zero-order valence-electron chi connectivity index (χ0n) is 14.6. The molecule has 4 heteroatoms. The minimum Gasteiger partial charge on any atom is -0.359 e. The Hall–Kier alpha value is -1.84. The smallest absolute Gasteiger partial charge is 0.222 e. The van der Waals surface area contributed by atoms with Gasteiger partial charge in [-0.2, -0.15) is 0 Å². The van der Waals surface area contributed by atoms with Crippen LogP contribution in [0.4, 0.5) is 0 Å². The molecule has 0 spiro atoms. The van der Waals surface area contributed by atoms with Crippen molar-refractivity contribution in [2.24, 2.45) is 0 Å². The Labute approximate surface area is 144 Å². The number of hydrogen-bond donors (Lipinski definition) is 1. The third kappa shape index (κ3) is 3.63. The minimum atomic E-state index is 0.0157. The van der Waals surface area contributed by atoms with Crippen LogP contribution in [-0.2, 0) is 16.0 Å². The van der Waals surface area contributed by atoms with Crippen LogP contribution in [0.25, 0.3) is 0 Å². The SMILES string of the molecule is CNC(=O)CCCC(=O)N1CCC[C@H]1[C@@H]1CCCc2ccccc21. The molecule has 0 unspecified atom stereocenters. The van der Waals surface area contributed by atoms with E-state index in [9.17, 15) is 9.59 Å². The largest absolute Gasteiger partial charge is 0.359 e. The molecule has 1 N–H and O–H groups in total. The van der Waals surface area contributed by atoms with Gasteiger partial charge in [0.2, 0.25) is 11.8 Å². The lowest BCUT2D eigenvalue weighted by Gasteiger charge is -2.35. The minimum absolute atomic E-state index is 0.0157. The Morgan fingerprint density at radius 3 is 2.83 bits per heavy atom. The van der Waals surface area contributed by atoms with E-state index in [4.69, 9.17) is 0 Å². The maximum absolute atomic E-state index is 12.7. The Morgan fingerprint density at radius 2 is 2.00 bits per heavy atom. The summed E-state index contributed by atoms with van der Waals surface area (Å²) < 4.78 is 0. The number of amides is 2. The first-order valence-corrected chi connectivity index (χ1v) is 9.28. The van der Waals surface area contributed by atoms with Crippen LogP contribution in [0.3, 0.4) is 0 Å². The molecule has 130 valence electrons. The molecule has 1 aliphatic carbocycles. The average molecular weight is 328 g/mol. The lowest BCUT2D eigenvalue weighted by Crippen LogP contribution is -2.40. The second-order valence-corrected chi connectivity index (χ2v) is 7.02. The number of rotatable bonds is 5. The molecule has 2 atom stereocenters. The van der Waals surface area contributed by atoms with Crippen LogP contribution in [0.15, 0.2) is 24.3 Å². The quantitative estimate of drug-likeness (QED) is 0.903. The first-order chi connectivity index (χ1) is 11.7. The fourth-order valence-corrected chi connectivity index (χ4v) is 4.38. The van der Waals surface area contributed by atoms with Crippen LogP contribution < -0.4 is 5.32 Å². The molecular formula is C20H28N2O2. The van der Waals surface area contributed by atoms with Gasteiger partial charge in [-0.25, -0.2) is 0 Å². The first-order valence-electron chi connectivity index (χ1n) is 9.28. The molecule has 1 saturated heterocycles. The van der Waals surface area contributed by atoms with Crippen molar-refractivity contribution >= 4 is 11.8 Å². The summed E-state index contributed by atoms with van der Waals surface area (Å²) in [5.74, 6) is 0.728. The molecule has 1 fully saturated rings. The maximum atomic E-state index is 12.7. The van der Waals surface area contributed by atoms with E-state index < -0.39 is 0 Å². The molecule has 4 nitrogen and oxygen atoms in total. The van der Waals surface area contributed by atoms with E-state index in [1.54, 1.807) is 7.05 Å². The second-order valence-electron chi connectivity index (χ2n) is 7.02. The van der Waals surface area contributed by atoms with Gasteiger partial charge in [-0.3, -0.25) is 9.59 Å². The molecule has 2 aliphatic rings. The summed E-state index contributed by atoms with van der Waals surface area (Å²) in [7, 11) is 1.64. The van der Waals surface area contributed by atoms with Crippen molar-refractivity contribution in [2.45, 2.75) is 63.3 Å². The van der Waals surface area contributed by atoms with E-state index in [1.165, 1.54) is 30.4 Å². The van der Waals surface area contributed by atoms with Gasteiger partial charge in [0.1, 0.15) is 0 Å². The summed E-state index contributed by atoms with van der Waals surface area (Å²) in [5, 5.41) is 2.62. The van der Waals surface area contributed by atoms with Gasteiger partial charge in [-0.1, -0.05) is 24.3 Å². The van der Waals surface area contributed by atoms with Crippen molar-refractivity contribution in [1.82, 2.24) is 10.2 Å². The van der Waals surface area contributed by atoms with E-state index in [0.717, 1.165) is 19.4 Å². The summed E-state index contributed by atoms with van der Waals surface area (Å²) >= 11 is 0. The summed E-state index contributed by atoms with van der Waals surface area (Å²) in [5.41, 5.74) is 2.92. The Balaban J connectivity index is 1.66. The van der Waals surface area contributed by atoms with Gasteiger partial charge in [0.15, 0.2) is 0 Å². The van der Waals surface area contributed by atoms with E-state index in [-0.39, 0.29) is 11.8 Å². The van der Waals surface area contributed by atoms with Crippen molar-refractivity contribution in [3.05, 3.63) is 35.4 Å². The van der Waals surface area contributed by atoms with E-state index in [1.807, 2.05) is 0 Å². The fourth-order valence-electron chi connectivity index (χ4n) is 4.38. The van der Waals surface area contributed by atoms with Crippen LogP contribution in [0, 0.1) is 0 Å². The lowest BCUT2D eigenvalue weighted by atomic mass is 9.78. The van der Waals surface area contributed by atoms with E-state index >= 15 is 0 Å². The van der Waals surface area contributed by atoms with Crippen LogP contribution >= 0.6 is 0 Å². The molecule has 1 heterocycles. The monoisotopic (exact) mass is 328 g/mol. The molecule has 2 amide bonds. The molecule has 0 radical (unpaired) electrons. The summed E-state index contributed by atoms with van der Waals surface area (Å²) in [4.78, 5) is 26.1. The number of nitrogens with zero attached hydrogens (tertiary/aromatic N) is 1. The Kier molecular flexibility index (Phi) is 5.54. The number of nitrogens with one attached hydrogen (secondary N) is 1. The van der Waals surface area contributed by atoms with Crippen LogP contribution in [-0.4, -0.2) is 36.3 Å². The van der Waals surface area contributed by atoms with Gasteiger partial charge in [0.25, 0.3) is 0 Å². The molecule has 0 bridgehead atoms. The predicted molar refractivity (Wildman–Crippen MR) is 94.8 cm³/mol. The van der Waals surface area contributed by atoms with Gasteiger partial charge >= 0.3 is 0 Å². The molecule has 1 aliphatic heterocycles. The number of fused-ring (bicyclic) bond motifs is 1. The van der Waals surface area contributed by atoms with Crippen molar-refractivity contribution in [2.75, 3.05) is 13.6 Å². The molecule has 3 rings (SSSR count). The van der Waals surface area contributed by atoms with E-state index in [0.29, 0.717) is 31.2 Å². The number of benzene rings is 1. The molecule has 0 saturated carbocycles. The predicted octanol–water partition coefficient (Wildman–Crippen LogP) is 3.01. The summed E-state index contributed by atoms with van der Waals surface area (Å²) in [6.07, 6.45) is 7.35. The molecule has 24 heavy (non-hydrogen) atoms. The molecule has 1 aromatic carbocycles.